The lowest BCUT2D eigenvalue weighted by Crippen LogP contribution is -2.18. The number of amides is 2. The number of hydrogen-bond donors (Lipinski definition) is 2. The Kier molecular flexibility index (Phi) is 7.12. The van der Waals surface area contributed by atoms with E-state index in [0.717, 1.165) is 36.2 Å². The molecule has 2 amide bonds. The van der Waals surface area contributed by atoms with Crippen LogP contribution in [0.25, 0.3) is 0 Å². The fourth-order valence-corrected chi connectivity index (χ4v) is 4.10. The Morgan fingerprint density at radius 3 is 2.39 bits per heavy atom. The number of rotatable bonds is 7. The number of carbonyl (C=O) groups is 2. The number of nitrogens with one attached hydrogen (secondary N) is 2. The van der Waals surface area contributed by atoms with Crippen molar-refractivity contribution in [3.05, 3.63) is 77.9 Å². The van der Waals surface area contributed by atoms with Gasteiger partial charge < -0.3 is 15.2 Å². The summed E-state index contributed by atoms with van der Waals surface area (Å²) in [5.74, 6) is -1.98. The standard InChI is InChI=1S/C25H26F2N4O2/c26-21-11-10-20(13-22(21)27)30-25(33)23-15-31(16-28-23)14-18-6-8-19(9-7-18)29-24(32)12-17-4-2-1-3-5-17/h6-11,13,15-17H,1-5,12,14H2,(H,29,32)(H,30,33). The molecule has 1 aliphatic carbocycles. The van der Waals surface area contributed by atoms with Crippen molar-refractivity contribution in [3.8, 4) is 0 Å². The number of nitrogens with zero attached hydrogens (tertiary/aromatic N) is 2. The van der Waals surface area contributed by atoms with Gasteiger partial charge in [-0.2, -0.15) is 0 Å². The molecule has 6 nitrogen and oxygen atoms in total. The summed E-state index contributed by atoms with van der Waals surface area (Å²) in [6.45, 7) is 0.488. The molecule has 172 valence electrons. The maximum absolute atomic E-state index is 13.3. The van der Waals surface area contributed by atoms with E-state index in [4.69, 9.17) is 0 Å². The highest BCUT2D eigenvalue weighted by atomic mass is 19.2. The van der Waals surface area contributed by atoms with Crippen molar-refractivity contribution in [3.63, 3.8) is 0 Å². The zero-order chi connectivity index (χ0) is 23.2. The molecular weight excluding hydrogens is 426 g/mol. The summed E-state index contributed by atoms with van der Waals surface area (Å²) < 4.78 is 28.1. The van der Waals surface area contributed by atoms with Crippen molar-refractivity contribution in [1.82, 2.24) is 9.55 Å². The van der Waals surface area contributed by atoms with E-state index in [1.807, 2.05) is 24.3 Å². The van der Waals surface area contributed by atoms with Gasteiger partial charge in [-0.1, -0.05) is 31.4 Å². The van der Waals surface area contributed by atoms with E-state index in [0.29, 0.717) is 18.9 Å². The van der Waals surface area contributed by atoms with Crippen molar-refractivity contribution >= 4 is 23.2 Å². The molecule has 0 spiro atoms. The Morgan fingerprint density at radius 2 is 1.67 bits per heavy atom. The van der Waals surface area contributed by atoms with Gasteiger partial charge in [-0.05, 0) is 48.6 Å². The second-order valence-electron chi connectivity index (χ2n) is 8.47. The fourth-order valence-electron chi connectivity index (χ4n) is 4.10. The second kappa shape index (κ2) is 10.4. The molecule has 0 saturated heterocycles. The summed E-state index contributed by atoms with van der Waals surface area (Å²) in [4.78, 5) is 28.7. The first kappa shape index (κ1) is 22.6. The van der Waals surface area contributed by atoms with Gasteiger partial charge in [0.05, 0.1) is 6.33 Å². The molecular formula is C25H26F2N4O2. The van der Waals surface area contributed by atoms with Crippen LogP contribution in [0.3, 0.4) is 0 Å². The van der Waals surface area contributed by atoms with Gasteiger partial charge in [0, 0.05) is 36.6 Å². The van der Waals surface area contributed by atoms with E-state index in [2.05, 4.69) is 15.6 Å². The Balaban J connectivity index is 1.29. The van der Waals surface area contributed by atoms with E-state index in [1.165, 1.54) is 31.7 Å². The molecule has 1 fully saturated rings. The van der Waals surface area contributed by atoms with Crippen molar-refractivity contribution in [1.29, 1.82) is 0 Å². The van der Waals surface area contributed by atoms with Crippen LogP contribution in [0.5, 0.6) is 0 Å². The predicted molar refractivity (Wildman–Crippen MR) is 122 cm³/mol. The third-order valence-corrected chi connectivity index (χ3v) is 5.85. The highest BCUT2D eigenvalue weighted by Crippen LogP contribution is 2.26. The maximum Gasteiger partial charge on any atom is 0.275 e. The molecule has 0 aliphatic heterocycles. The van der Waals surface area contributed by atoms with Crippen LogP contribution in [-0.2, 0) is 11.3 Å². The van der Waals surface area contributed by atoms with Gasteiger partial charge in [0.1, 0.15) is 5.69 Å². The van der Waals surface area contributed by atoms with Crippen LogP contribution in [-0.4, -0.2) is 21.4 Å². The van der Waals surface area contributed by atoms with Gasteiger partial charge in [0.15, 0.2) is 11.6 Å². The minimum Gasteiger partial charge on any atom is -0.332 e. The van der Waals surface area contributed by atoms with Crippen molar-refractivity contribution in [2.24, 2.45) is 5.92 Å². The van der Waals surface area contributed by atoms with E-state index < -0.39 is 17.5 Å². The Labute approximate surface area is 191 Å². The molecule has 33 heavy (non-hydrogen) atoms. The monoisotopic (exact) mass is 452 g/mol. The third-order valence-electron chi connectivity index (χ3n) is 5.85. The number of halogens is 2. The molecule has 0 radical (unpaired) electrons. The molecule has 1 saturated carbocycles. The van der Waals surface area contributed by atoms with E-state index in [1.54, 1.807) is 10.8 Å². The number of anilines is 2. The summed E-state index contributed by atoms with van der Waals surface area (Å²) in [5.41, 5.74) is 2.04. The first-order chi connectivity index (χ1) is 16.0. The molecule has 2 N–H and O–H groups in total. The Hall–Kier alpha value is -3.55. The van der Waals surface area contributed by atoms with Crippen molar-refractivity contribution < 1.29 is 18.4 Å². The quantitative estimate of drug-likeness (QED) is 0.506. The van der Waals surface area contributed by atoms with Crippen LogP contribution in [0.4, 0.5) is 20.2 Å². The first-order valence-electron chi connectivity index (χ1n) is 11.1. The fraction of sp³-hybridized carbons (Fsp3) is 0.320. The zero-order valence-corrected chi connectivity index (χ0v) is 18.2. The number of aromatic nitrogens is 2. The number of hydrogen-bond acceptors (Lipinski definition) is 3. The normalized spacial score (nSPS) is 14.1. The van der Waals surface area contributed by atoms with E-state index >= 15 is 0 Å². The van der Waals surface area contributed by atoms with Crippen LogP contribution in [0.15, 0.2) is 55.0 Å². The summed E-state index contributed by atoms with van der Waals surface area (Å²) in [5, 5.41) is 5.47. The lowest BCUT2D eigenvalue weighted by atomic mass is 9.87. The summed E-state index contributed by atoms with van der Waals surface area (Å²) in [6.07, 6.45) is 9.67. The lowest BCUT2D eigenvalue weighted by molar-refractivity contribution is -0.117. The second-order valence-corrected chi connectivity index (χ2v) is 8.47. The van der Waals surface area contributed by atoms with Crippen molar-refractivity contribution in [2.45, 2.75) is 45.1 Å². The van der Waals surface area contributed by atoms with Crippen LogP contribution in [0, 0.1) is 17.6 Å². The number of benzene rings is 2. The number of imidazole rings is 1. The SMILES string of the molecule is O=C(CC1CCCCC1)Nc1ccc(Cn2cnc(C(=O)Nc3ccc(F)c(F)c3)c2)cc1. The molecule has 3 aromatic rings. The molecule has 2 aromatic carbocycles. The predicted octanol–water partition coefficient (Wildman–Crippen LogP) is 5.37. The molecule has 1 aliphatic rings. The zero-order valence-electron chi connectivity index (χ0n) is 18.2. The van der Waals surface area contributed by atoms with Crippen LogP contribution < -0.4 is 10.6 Å². The van der Waals surface area contributed by atoms with E-state index in [9.17, 15) is 18.4 Å². The molecule has 8 heteroatoms. The smallest absolute Gasteiger partial charge is 0.275 e. The molecule has 0 unspecified atom stereocenters. The highest BCUT2D eigenvalue weighted by Gasteiger charge is 2.17. The van der Waals surface area contributed by atoms with Gasteiger partial charge in [0.2, 0.25) is 5.91 Å². The van der Waals surface area contributed by atoms with E-state index in [-0.39, 0.29) is 17.3 Å². The average molecular weight is 453 g/mol. The van der Waals surface area contributed by atoms with Crippen LogP contribution >= 0.6 is 0 Å². The summed E-state index contributed by atoms with van der Waals surface area (Å²) in [6, 6.07) is 10.7. The largest absolute Gasteiger partial charge is 0.332 e. The minimum absolute atomic E-state index is 0.0564. The van der Waals surface area contributed by atoms with Gasteiger partial charge >= 0.3 is 0 Å². The van der Waals surface area contributed by atoms with Gasteiger partial charge in [0.25, 0.3) is 5.91 Å². The molecule has 0 atom stereocenters. The Bertz CT molecular complexity index is 1120. The van der Waals surface area contributed by atoms with Crippen LogP contribution in [0.2, 0.25) is 0 Å². The summed E-state index contributed by atoms with van der Waals surface area (Å²) >= 11 is 0. The topological polar surface area (TPSA) is 76.0 Å². The lowest BCUT2D eigenvalue weighted by Gasteiger charge is -2.20. The third kappa shape index (κ3) is 6.25. The number of carbonyl (C=O) groups excluding carboxylic acids is 2. The molecule has 0 bridgehead atoms. The minimum atomic E-state index is -1.04. The average Bonchev–Trinajstić information content (AvgIpc) is 3.27. The van der Waals surface area contributed by atoms with Gasteiger partial charge in [-0.25, -0.2) is 13.8 Å². The van der Waals surface area contributed by atoms with Gasteiger partial charge in [-0.3, -0.25) is 9.59 Å². The highest BCUT2D eigenvalue weighted by molar-refractivity contribution is 6.02. The first-order valence-corrected chi connectivity index (χ1v) is 11.1. The van der Waals surface area contributed by atoms with Crippen LogP contribution in [0.1, 0.15) is 54.6 Å². The Morgan fingerprint density at radius 1 is 0.939 bits per heavy atom. The molecule has 1 aromatic heterocycles. The van der Waals surface area contributed by atoms with Crippen molar-refractivity contribution in [2.75, 3.05) is 10.6 Å². The molecule has 4 rings (SSSR count). The summed E-state index contributed by atoms with van der Waals surface area (Å²) in [7, 11) is 0. The van der Waals surface area contributed by atoms with Gasteiger partial charge in [-0.15, -0.1) is 0 Å². The maximum atomic E-state index is 13.3. The molecule has 1 heterocycles.